The van der Waals surface area contributed by atoms with Gasteiger partial charge < -0.3 is 5.32 Å². The number of hydrogen-bond acceptors (Lipinski definition) is 2. The van der Waals surface area contributed by atoms with E-state index in [4.69, 9.17) is 5.10 Å². The Morgan fingerprint density at radius 2 is 2.06 bits per heavy atom. The molecule has 86 valence electrons. The summed E-state index contributed by atoms with van der Waals surface area (Å²) >= 11 is 0. The van der Waals surface area contributed by atoms with Crippen LogP contribution in [0.2, 0.25) is 0 Å². The first-order chi connectivity index (χ1) is 7.90. The summed E-state index contributed by atoms with van der Waals surface area (Å²) in [5, 5.41) is 8.55. The first-order valence-electron chi connectivity index (χ1n) is 6.74. The molecule has 2 unspecified atom stereocenters. The number of aromatic nitrogens is 2. The van der Waals surface area contributed by atoms with E-state index in [0.717, 1.165) is 6.42 Å². The highest BCUT2D eigenvalue weighted by Gasteiger charge is 2.34. The maximum absolute atomic E-state index is 4.85. The maximum Gasteiger partial charge on any atom is 0.0688 e. The molecule has 1 saturated heterocycles. The van der Waals surface area contributed by atoms with E-state index in [1.165, 1.54) is 49.8 Å². The zero-order valence-corrected chi connectivity index (χ0v) is 9.65. The fourth-order valence-corrected chi connectivity index (χ4v) is 3.71. The van der Waals surface area contributed by atoms with Crippen LogP contribution in [-0.4, -0.2) is 15.8 Å². The monoisotopic (exact) mass is 217 g/mol. The Bertz CT molecular complexity index is 403. The summed E-state index contributed by atoms with van der Waals surface area (Å²) < 4.78 is 2.28. The van der Waals surface area contributed by atoms with Gasteiger partial charge in [0.05, 0.1) is 11.7 Å². The van der Waals surface area contributed by atoms with Gasteiger partial charge in [-0.15, -0.1) is 0 Å². The van der Waals surface area contributed by atoms with Crippen LogP contribution in [0, 0.1) is 0 Å². The number of rotatable bonds is 1. The second kappa shape index (κ2) is 3.33. The van der Waals surface area contributed by atoms with Gasteiger partial charge in [0, 0.05) is 30.3 Å². The van der Waals surface area contributed by atoms with Gasteiger partial charge in [0.2, 0.25) is 0 Å². The quantitative estimate of drug-likeness (QED) is 0.782. The van der Waals surface area contributed by atoms with E-state index < -0.39 is 0 Å². The Kier molecular flexibility index (Phi) is 1.92. The van der Waals surface area contributed by atoms with Crippen LogP contribution >= 0.6 is 0 Å². The molecule has 3 nitrogen and oxygen atoms in total. The summed E-state index contributed by atoms with van der Waals surface area (Å²) in [6.07, 6.45) is 11.6. The summed E-state index contributed by atoms with van der Waals surface area (Å²) in [7, 11) is 0. The highest BCUT2D eigenvalue weighted by atomic mass is 15.3. The van der Waals surface area contributed by atoms with Crippen molar-refractivity contribution in [2.75, 3.05) is 0 Å². The molecule has 4 rings (SSSR count). The second-order valence-electron chi connectivity index (χ2n) is 5.65. The van der Waals surface area contributed by atoms with Gasteiger partial charge in [-0.2, -0.15) is 5.10 Å². The van der Waals surface area contributed by atoms with E-state index in [-0.39, 0.29) is 0 Å². The van der Waals surface area contributed by atoms with Gasteiger partial charge in [0.25, 0.3) is 0 Å². The van der Waals surface area contributed by atoms with Gasteiger partial charge in [-0.1, -0.05) is 12.8 Å². The van der Waals surface area contributed by atoms with Crippen molar-refractivity contribution in [3.8, 4) is 0 Å². The molecule has 0 amide bonds. The molecule has 2 aliphatic heterocycles. The number of hydrogen-bond donors (Lipinski definition) is 1. The van der Waals surface area contributed by atoms with Crippen LogP contribution in [0.3, 0.4) is 0 Å². The molecule has 0 spiro atoms. The fourth-order valence-electron chi connectivity index (χ4n) is 3.71. The Hall–Kier alpha value is -0.830. The molecule has 2 atom stereocenters. The lowest BCUT2D eigenvalue weighted by Gasteiger charge is -2.19. The van der Waals surface area contributed by atoms with Crippen LogP contribution in [-0.2, 0) is 6.42 Å². The molecule has 3 heterocycles. The predicted molar refractivity (Wildman–Crippen MR) is 62.3 cm³/mol. The van der Waals surface area contributed by atoms with Crippen LogP contribution in [0.4, 0.5) is 0 Å². The van der Waals surface area contributed by atoms with Gasteiger partial charge in [0.15, 0.2) is 0 Å². The van der Waals surface area contributed by atoms with Crippen LogP contribution in [0.15, 0.2) is 6.20 Å². The number of fused-ring (bicyclic) bond motifs is 4. The maximum atomic E-state index is 4.85. The molecule has 3 aliphatic rings. The van der Waals surface area contributed by atoms with Gasteiger partial charge in [-0.3, -0.25) is 4.68 Å². The van der Waals surface area contributed by atoms with E-state index >= 15 is 0 Å². The van der Waals surface area contributed by atoms with E-state index in [1.807, 2.05) is 0 Å². The molecule has 0 aromatic carbocycles. The summed E-state index contributed by atoms with van der Waals surface area (Å²) in [5.74, 6) is 0. The zero-order valence-electron chi connectivity index (χ0n) is 9.65. The Morgan fingerprint density at radius 3 is 2.94 bits per heavy atom. The summed E-state index contributed by atoms with van der Waals surface area (Å²) in [4.78, 5) is 0. The molecule has 1 aromatic heterocycles. The van der Waals surface area contributed by atoms with Gasteiger partial charge in [-0.05, 0) is 25.7 Å². The van der Waals surface area contributed by atoms with Crippen LogP contribution in [0.1, 0.15) is 61.9 Å². The smallest absolute Gasteiger partial charge is 0.0688 e. The van der Waals surface area contributed by atoms with Gasteiger partial charge in [-0.25, -0.2) is 0 Å². The van der Waals surface area contributed by atoms with E-state index in [2.05, 4.69) is 16.2 Å². The zero-order chi connectivity index (χ0) is 10.5. The van der Waals surface area contributed by atoms with Crippen molar-refractivity contribution < 1.29 is 0 Å². The molecule has 2 fully saturated rings. The van der Waals surface area contributed by atoms with Crippen LogP contribution in [0.25, 0.3) is 0 Å². The number of nitrogens with zero attached hydrogens (tertiary/aromatic N) is 2. The van der Waals surface area contributed by atoms with Crippen molar-refractivity contribution in [3.05, 3.63) is 17.5 Å². The lowest BCUT2D eigenvalue weighted by molar-refractivity contribution is 0.459. The Morgan fingerprint density at radius 1 is 1.19 bits per heavy atom. The molecular weight excluding hydrogens is 198 g/mol. The summed E-state index contributed by atoms with van der Waals surface area (Å²) in [6, 6.07) is 2.03. The van der Waals surface area contributed by atoms with Crippen LogP contribution < -0.4 is 5.32 Å². The average Bonchev–Trinajstić information content (AvgIpc) is 2.98. The molecule has 3 heteroatoms. The van der Waals surface area contributed by atoms with Crippen molar-refractivity contribution in [1.29, 1.82) is 0 Å². The van der Waals surface area contributed by atoms with Crippen molar-refractivity contribution in [1.82, 2.24) is 15.1 Å². The highest BCUT2D eigenvalue weighted by Crippen LogP contribution is 2.37. The largest absolute Gasteiger partial charge is 0.307 e. The average molecular weight is 217 g/mol. The molecule has 1 N–H and O–H groups in total. The molecular formula is C13H19N3. The van der Waals surface area contributed by atoms with Crippen molar-refractivity contribution in [2.24, 2.45) is 0 Å². The van der Waals surface area contributed by atoms with Crippen LogP contribution in [0.5, 0.6) is 0 Å². The van der Waals surface area contributed by atoms with E-state index in [9.17, 15) is 0 Å². The summed E-state index contributed by atoms with van der Waals surface area (Å²) in [5.41, 5.74) is 2.89. The topological polar surface area (TPSA) is 29.9 Å². The van der Waals surface area contributed by atoms with Gasteiger partial charge >= 0.3 is 0 Å². The standard InChI is InChI=1S/C13H19N3/c1-2-4-10(3-1)16-8-11-12-6-5-9(14-12)7-13(11)15-16/h8-10,12,14H,1-7H2. The molecule has 2 bridgehead atoms. The Labute approximate surface area is 96.2 Å². The normalized spacial score (nSPS) is 33.2. The Balaban J connectivity index is 1.69. The van der Waals surface area contributed by atoms with E-state index in [0.29, 0.717) is 18.1 Å². The first-order valence-corrected chi connectivity index (χ1v) is 6.74. The fraction of sp³-hybridized carbons (Fsp3) is 0.769. The highest BCUT2D eigenvalue weighted by molar-refractivity contribution is 5.28. The van der Waals surface area contributed by atoms with Crippen molar-refractivity contribution in [2.45, 2.75) is 63.1 Å². The minimum Gasteiger partial charge on any atom is -0.307 e. The first kappa shape index (κ1) is 9.23. The third-order valence-corrected chi connectivity index (χ3v) is 4.60. The minimum absolute atomic E-state index is 0.615. The molecule has 0 radical (unpaired) electrons. The van der Waals surface area contributed by atoms with Gasteiger partial charge in [0.1, 0.15) is 0 Å². The minimum atomic E-state index is 0.615. The molecule has 1 aromatic rings. The molecule has 1 aliphatic carbocycles. The lowest BCUT2D eigenvalue weighted by atomic mass is 10.0. The summed E-state index contributed by atoms with van der Waals surface area (Å²) in [6.45, 7) is 0. The second-order valence-corrected chi connectivity index (χ2v) is 5.65. The molecule has 16 heavy (non-hydrogen) atoms. The van der Waals surface area contributed by atoms with E-state index in [1.54, 1.807) is 0 Å². The SMILES string of the molecule is c1c2c(nn1C1CCCC1)CC1CCC2N1. The number of nitrogens with one attached hydrogen (secondary N) is 1. The predicted octanol–water partition coefficient (Wildman–Crippen LogP) is 2.35. The van der Waals surface area contributed by atoms with Crippen molar-refractivity contribution in [3.63, 3.8) is 0 Å². The lowest BCUT2D eigenvalue weighted by Crippen LogP contribution is -2.31. The molecule has 1 saturated carbocycles. The third-order valence-electron chi connectivity index (χ3n) is 4.60. The van der Waals surface area contributed by atoms with Crippen molar-refractivity contribution >= 4 is 0 Å². The third kappa shape index (κ3) is 1.27.